The Hall–Kier alpha value is -0.870. The topological polar surface area (TPSA) is 44.5 Å². The van der Waals surface area contributed by atoms with Gasteiger partial charge < -0.3 is 15.2 Å². The number of benzene rings is 1. The van der Waals surface area contributed by atoms with E-state index in [1.54, 1.807) is 26.0 Å². The van der Waals surface area contributed by atoms with Crippen molar-refractivity contribution >= 4 is 11.8 Å². The Balaban J connectivity index is 2.55. The van der Waals surface area contributed by atoms with E-state index in [1.165, 1.54) is 5.56 Å². The van der Waals surface area contributed by atoms with Gasteiger partial charge in [-0.25, -0.2) is 0 Å². The lowest BCUT2D eigenvalue weighted by Crippen LogP contribution is -2.32. The molecule has 100 valence electrons. The molecule has 0 spiro atoms. The molecule has 0 saturated heterocycles. The molecular weight excluding hydrogens is 246 g/mol. The summed E-state index contributed by atoms with van der Waals surface area (Å²) in [4.78, 5) is 1.16. The van der Waals surface area contributed by atoms with Gasteiger partial charge in [-0.3, -0.25) is 0 Å². The van der Waals surface area contributed by atoms with Gasteiger partial charge >= 0.3 is 0 Å². The van der Waals surface area contributed by atoms with Crippen LogP contribution in [0, 0.1) is 0 Å². The summed E-state index contributed by atoms with van der Waals surface area (Å²) in [7, 11) is 3.35. The van der Waals surface area contributed by atoms with E-state index in [0.29, 0.717) is 0 Å². The molecule has 0 aliphatic heterocycles. The highest BCUT2D eigenvalue weighted by Gasteiger charge is 2.49. The van der Waals surface area contributed by atoms with Crippen LogP contribution in [0.25, 0.3) is 0 Å². The van der Waals surface area contributed by atoms with Gasteiger partial charge in [0, 0.05) is 11.5 Å². The molecule has 1 fully saturated rings. The van der Waals surface area contributed by atoms with E-state index in [0.717, 1.165) is 29.2 Å². The Kier molecular flexibility index (Phi) is 3.78. The van der Waals surface area contributed by atoms with Crippen LogP contribution in [-0.2, 0) is 5.41 Å². The molecule has 1 atom stereocenters. The SMILES string of the molecule is COc1ccc(C2(C(C)N)CC2)c(SC)c1OC. The molecule has 0 heterocycles. The van der Waals surface area contributed by atoms with Crippen LogP contribution >= 0.6 is 11.8 Å². The van der Waals surface area contributed by atoms with Crippen molar-refractivity contribution in [1.82, 2.24) is 0 Å². The molecule has 4 heteroatoms. The first-order valence-electron chi connectivity index (χ1n) is 6.15. The van der Waals surface area contributed by atoms with E-state index in [4.69, 9.17) is 15.2 Å². The highest BCUT2D eigenvalue weighted by atomic mass is 32.2. The van der Waals surface area contributed by atoms with Crippen LogP contribution in [0.4, 0.5) is 0 Å². The maximum atomic E-state index is 6.17. The average molecular weight is 267 g/mol. The quantitative estimate of drug-likeness (QED) is 0.833. The lowest BCUT2D eigenvalue weighted by molar-refractivity contribution is 0.345. The maximum absolute atomic E-state index is 6.17. The number of hydrogen-bond acceptors (Lipinski definition) is 4. The van der Waals surface area contributed by atoms with Gasteiger partial charge in [0.1, 0.15) is 0 Å². The molecule has 18 heavy (non-hydrogen) atoms. The van der Waals surface area contributed by atoms with Crippen LogP contribution in [-0.4, -0.2) is 26.5 Å². The fraction of sp³-hybridized carbons (Fsp3) is 0.571. The van der Waals surface area contributed by atoms with Gasteiger partial charge in [-0.2, -0.15) is 0 Å². The monoisotopic (exact) mass is 267 g/mol. The van der Waals surface area contributed by atoms with Crippen molar-refractivity contribution in [3.05, 3.63) is 17.7 Å². The lowest BCUT2D eigenvalue weighted by atomic mass is 9.89. The van der Waals surface area contributed by atoms with Gasteiger partial charge in [-0.1, -0.05) is 6.07 Å². The average Bonchev–Trinajstić information content (AvgIpc) is 3.18. The highest BCUT2D eigenvalue weighted by molar-refractivity contribution is 7.98. The van der Waals surface area contributed by atoms with Crippen molar-refractivity contribution in [2.24, 2.45) is 5.73 Å². The second-order valence-corrected chi connectivity index (χ2v) is 5.64. The van der Waals surface area contributed by atoms with E-state index in [1.807, 2.05) is 6.07 Å². The van der Waals surface area contributed by atoms with Crippen LogP contribution < -0.4 is 15.2 Å². The number of thioether (sulfide) groups is 1. The summed E-state index contributed by atoms with van der Waals surface area (Å²) in [6, 6.07) is 4.29. The van der Waals surface area contributed by atoms with Crippen LogP contribution in [0.15, 0.2) is 17.0 Å². The largest absolute Gasteiger partial charge is 0.493 e. The summed E-state index contributed by atoms with van der Waals surface area (Å²) >= 11 is 1.70. The first-order chi connectivity index (χ1) is 8.60. The van der Waals surface area contributed by atoms with Crippen molar-refractivity contribution in [2.45, 2.75) is 36.1 Å². The lowest BCUT2D eigenvalue weighted by Gasteiger charge is -2.24. The summed E-state index contributed by atoms with van der Waals surface area (Å²) < 4.78 is 10.9. The zero-order chi connectivity index (χ0) is 13.3. The van der Waals surface area contributed by atoms with Gasteiger partial charge in [0.05, 0.1) is 19.1 Å². The minimum Gasteiger partial charge on any atom is -0.493 e. The number of nitrogens with two attached hydrogens (primary N) is 1. The zero-order valence-electron chi connectivity index (χ0n) is 11.4. The molecule has 0 amide bonds. The normalized spacial score (nSPS) is 18.3. The van der Waals surface area contributed by atoms with E-state index < -0.39 is 0 Å². The summed E-state index contributed by atoms with van der Waals surface area (Å²) in [5.41, 5.74) is 7.61. The molecule has 2 N–H and O–H groups in total. The van der Waals surface area contributed by atoms with Crippen molar-refractivity contribution in [3.8, 4) is 11.5 Å². The second-order valence-electron chi connectivity index (χ2n) is 4.83. The summed E-state index contributed by atoms with van der Waals surface area (Å²) in [5.74, 6) is 1.61. The molecule has 0 aromatic heterocycles. The predicted octanol–water partition coefficient (Wildman–Crippen LogP) is 2.80. The number of ether oxygens (including phenoxy) is 2. The summed E-state index contributed by atoms with van der Waals surface area (Å²) in [6.45, 7) is 2.09. The predicted molar refractivity (Wildman–Crippen MR) is 75.9 cm³/mol. The van der Waals surface area contributed by atoms with Gasteiger partial charge in [0.15, 0.2) is 11.5 Å². The maximum Gasteiger partial charge on any atom is 0.174 e. The Labute approximate surface area is 113 Å². The molecule has 1 aliphatic rings. The Morgan fingerprint density at radius 3 is 2.33 bits per heavy atom. The number of methoxy groups -OCH3 is 2. The van der Waals surface area contributed by atoms with Crippen molar-refractivity contribution in [3.63, 3.8) is 0 Å². The van der Waals surface area contributed by atoms with E-state index in [9.17, 15) is 0 Å². The van der Waals surface area contributed by atoms with E-state index in [2.05, 4.69) is 19.2 Å². The third-order valence-electron chi connectivity index (χ3n) is 3.90. The third kappa shape index (κ3) is 1.97. The van der Waals surface area contributed by atoms with E-state index in [-0.39, 0.29) is 11.5 Å². The molecule has 1 aliphatic carbocycles. The molecule has 3 nitrogen and oxygen atoms in total. The summed E-state index contributed by atoms with van der Waals surface area (Å²) in [6.07, 6.45) is 4.39. The summed E-state index contributed by atoms with van der Waals surface area (Å²) in [5, 5.41) is 0. The highest BCUT2D eigenvalue weighted by Crippen LogP contribution is 2.55. The molecular formula is C14H21NO2S. The number of hydrogen-bond donors (Lipinski definition) is 1. The van der Waals surface area contributed by atoms with Gasteiger partial charge in [0.25, 0.3) is 0 Å². The first-order valence-corrected chi connectivity index (χ1v) is 7.38. The first kappa shape index (κ1) is 13.6. The fourth-order valence-corrected chi connectivity index (χ4v) is 3.46. The number of rotatable bonds is 5. The second kappa shape index (κ2) is 5.02. The molecule has 1 aromatic rings. The zero-order valence-corrected chi connectivity index (χ0v) is 12.3. The molecule has 1 saturated carbocycles. The smallest absolute Gasteiger partial charge is 0.174 e. The van der Waals surface area contributed by atoms with Crippen LogP contribution in [0.1, 0.15) is 25.3 Å². The van der Waals surface area contributed by atoms with Crippen molar-refractivity contribution in [1.29, 1.82) is 0 Å². The van der Waals surface area contributed by atoms with Gasteiger partial charge in [-0.15, -0.1) is 11.8 Å². The van der Waals surface area contributed by atoms with Gasteiger partial charge in [0.2, 0.25) is 0 Å². The van der Waals surface area contributed by atoms with Gasteiger partial charge in [-0.05, 0) is 37.7 Å². The van der Waals surface area contributed by atoms with Crippen LogP contribution in [0.2, 0.25) is 0 Å². The fourth-order valence-electron chi connectivity index (χ4n) is 2.60. The third-order valence-corrected chi connectivity index (χ3v) is 4.71. The Bertz CT molecular complexity index is 442. The molecule has 0 radical (unpaired) electrons. The van der Waals surface area contributed by atoms with Crippen LogP contribution in [0.3, 0.4) is 0 Å². The molecule has 1 unspecified atom stereocenters. The minimum atomic E-state index is 0.137. The molecule has 2 rings (SSSR count). The Morgan fingerprint density at radius 1 is 1.28 bits per heavy atom. The van der Waals surface area contributed by atoms with Crippen LogP contribution in [0.5, 0.6) is 11.5 Å². The van der Waals surface area contributed by atoms with Crippen molar-refractivity contribution in [2.75, 3.05) is 20.5 Å². The van der Waals surface area contributed by atoms with Crippen molar-refractivity contribution < 1.29 is 9.47 Å². The standard InChI is InChI=1S/C14H21NO2S/c1-9(15)14(7-8-14)10-5-6-11(16-2)12(17-3)13(10)18-4/h5-6,9H,7-8,15H2,1-4H3. The minimum absolute atomic E-state index is 0.137. The Morgan fingerprint density at radius 2 is 1.94 bits per heavy atom. The molecule has 1 aromatic carbocycles. The van der Waals surface area contributed by atoms with E-state index >= 15 is 0 Å². The molecule has 0 bridgehead atoms.